The summed E-state index contributed by atoms with van der Waals surface area (Å²) in [5, 5.41) is 5.95. The van der Waals surface area contributed by atoms with Crippen molar-refractivity contribution in [1.82, 2.24) is 4.98 Å². The minimum atomic E-state index is 0.123. The van der Waals surface area contributed by atoms with Crippen molar-refractivity contribution in [3.63, 3.8) is 0 Å². The standard InChI is InChI=1S/C21H18N2O3S/c24-20(13-1-2-13)22-16-6-3-14(4-7-16)21-23-17(12-27-21)15-5-8-18-19(11-15)26-10-9-25-18/h3-8,11-13H,1-2,9-10H2,(H,22,24). The normalized spacial score (nSPS) is 15.4. The van der Waals surface area contributed by atoms with Gasteiger partial charge >= 0.3 is 0 Å². The number of hydrogen-bond donors (Lipinski definition) is 1. The summed E-state index contributed by atoms with van der Waals surface area (Å²) in [5.74, 6) is 1.88. The summed E-state index contributed by atoms with van der Waals surface area (Å²) in [6.45, 7) is 1.16. The molecule has 0 radical (unpaired) electrons. The first-order chi connectivity index (χ1) is 13.3. The van der Waals surface area contributed by atoms with Gasteiger partial charge in [0.2, 0.25) is 5.91 Å². The van der Waals surface area contributed by atoms with E-state index in [1.807, 2.05) is 47.8 Å². The molecule has 0 atom stereocenters. The number of nitrogens with one attached hydrogen (secondary N) is 1. The lowest BCUT2D eigenvalue weighted by Gasteiger charge is -2.18. The molecule has 27 heavy (non-hydrogen) atoms. The Morgan fingerprint density at radius 2 is 1.74 bits per heavy atom. The summed E-state index contributed by atoms with van der Waals surface area (Å²) in [5.41, 5.74) is 3.79. The van der Waals surface area contributed by atoms with Gasteiger partial charge in [0.05, 0.1) is 5.69 Å². The van der Waals surface area contributed by atoms with Crippen molar-refractivity contribution in [2.45, 2.75) is 12.8 Å². The average Bonchev–Trinajstić information content (AvgIpc) is 3.45. The molecule has 2 aromatic carbocycles. The maximum absolute atomic E-state index is 11.9. The summed E-state index contributed by atoms with van der Waals surface area (Å²) >= 11 is 1.60. The van der Waals surface area contributed by atoms with Gasteiger partial charge in [-0.25, -0.2) is 4.98 Å². The largest absolute Gasteiger partial charge is 0.486 e. The van der Waals surface area contributed by atoms with E-state index in [0.29, 0.717) is 13.2 Å². The summed E-state index contributed by atoms with van der Waals surface area (Å²) in [4.78, 5) is 16.6. The minimum Gasteiger partial charge on any atom is -0.486 e. The Morgan fingerprint density at radius 3 is 2.52 bits per heavy atom. The number of fused-ring (bicyclic) bond motifs is 1. The van der Waals surface area contributed by atoms with Crippen molar-refractivity contribution >= 4 is 22.9 Å². The van der Waals surface area contributed by atoms with Gasteiger partial charge in [0.1, 0.15) is 18.2 Å². The topological polar surface area (TPSA) is 60.5 Å². The lowest BCUT2D eigenvalue weighted by atomic mass is 10.1. The molecule has 0 bridgehead atoms. The number of aromatic nitrogens is 1. The fourth-order valence-electron chi connectivity index (χ4n) is 3.03. The molecule has 0 spiro atoms. The van der Waals surface area contributed by atoms with Gasteiger partial charge in [0, 0.05) is 28.1 Å². The number of anilines is 1. The van der Waals surface area contributed by atoms with Gasteiger partial charge in [-0.2, -0.15) is 0 Å². The van der Waals surface area contributed by atoms with Crippen LogP contribution in [0.5, 0.6) is 11.5 Å². The molecular formula is C21H18N2O3S. The van der Waals surface area contributed by atoms with E-state index in [4.69, 9.17) is 14.5 Å². The van der Waals surface area contributed by atoms with Gasteiger partial charge in [0.25, 0.3) is 0 Å². The highest BCUT2D eigenvalue weighted by molar-refractivity contribution is 7.13. The first kappa shape index (κ1) is 16.3. The Balaban J connectivity index is 1.35. The number of rotatable bonds is 4. The van der Waals surface area contributed by atoms with Crippen molar-refractivity contribution in [2.24, 2.45) is 5.92 Å². The first-order valence-corrected chi connectivity index (χ1v) is 9.91. The van der Waals surface area contributed by atoms with Crippen LogP contribution in [-0.2, 0) is 4.79 Å². The second kappa shape index (κ2) is 6.70. The number of carbonyl (C=O) groups excluding carboxylic acids is 1. The Hall–Kier alpha value is -2.86. The van der Waals surface area contributed by atoms with E-state index in [1.54, 1.807) is 11.3 Å². The van der Waals surface area contributed by atoms with Crippen LogP contribution in [0.2, 0.25) is 0 Å². The van der Waals surface area contributed by atoms with Crippen molar-refractivity contribution in [2.75, 3.05) is 18.5 Å². The van der Waals surface area contributed by atoms with Crippen LogP contribution in [-0.4, -0.2) is 24.1 Å². The quantitative estimate of drug-likeness (QED) is 0.721. The maximum Gasteiger partial charge on any atom is 0.227 e. The Morgan fingerprint density at radius 1 is 1.00 bits per heavy atom. The predicted octanol–water partition coefficient (Wildman–Crippen LogP) is 4.60. The number of nitrogens with zero attached hydrogens (tertiary/aromatic N) is 1. The first-order valence-electron chi connectivity index (χ1n) is 9.03. The van der Waals surface area contributed by atoms with Crippen molar-refractivity contribution in [1.29, 1.82) is 0 Å². The van der Waals surface area contributed by atoms with Crippen LogP contribution >= 0.6 is 11.3 Å². The fourth-order valence-corrected chi connectivity index (χ4v) is 3.86. The van der Waals surface area contributed by atoms with Gasteiger partial charge in [-0.05, 0) is 55.3 Å². The molecule has 5 nitrogen and oxygen atoms in total. The van der Waals surface area contributed by atoms with E-state index in [-0.39, 0.29) is 11.8 Å². The monoisotopic (exact) mass is 378 g/mol. The van der Waals surface area contributed by atoms with E-state index in [2.05, 4.69) is 5.32 Å². The predicted molar refractivity (Wildman–Crippen MR) is 105 cm³/mol. The summed E-state index contributed by atoms with van der Waals surface area (Å²) in [6.07, 6.45) is 2.01. The molecule has 6 heteroatoms. The highest BCUT2D eigenvalue weighted by atomic mass is 32.1. The molecular weight excluding hydrogens is 360 g/mol. The summed E-state index contributed by atoms with van der Waals surface area (Å²) < 4.78 is 11.2. The smallest absolute Gasteiger partial charge is 0.227 e. The average molecular weight is 378 g/mol. The second-order valence-electron chi connectivity index (χ2n) is 6.74. The minimum absolute atomic E-state index is 0.123. The van der Waals surface area contributed by atoms with Crippen LogP contribution in [0.4, 0.5) is 5.69 Å². The molecule has 1 N–H and O–H groups in total. The molecule has 5 rings (SSSR count). The van der Waals surface area contributed by atoms with E-state index in [9.17, 15) is 4.79 Å². The third-order valence-corrected chi connectivity index (χ3v) is 5.58. The Bertz CT molecular complexity index is 993. The molecule has 1 aliphatic heterocycles. The zero-order valence-electron chi connectivity index (χ0n) is 14.6. The van der Waals surface area contributed by atoms with Crippen LogP contribution in [0.1, 0.15) is 12.8 Å². The molecule has 1 aromatic heterocycles. The van der Waals surface area contributed by atoms with Crippen LogP contribution in [0.15, 0.2) is 47.8 Å². The number of hydrogen-bond acceptors (Lipinski definition) is 5. The number of amides is 1. The third-order valence-electron chi connectivity index (χ3n) is 4.69. The van der Waals surface area contributed by atoms with Gasteiger partial charge in [-0.15, -0.1) is 11.3 Å². The number of carbonyl (C=O) groups is 1. The molecule has 1 aliphatic carbocycles. The SMILES string of the molecule is O=C(Nc1ccc(-c2nc(-c3ccc4c(c3)OCCO4)cs2)cc1)C1CC1. The molecule has 2 aliphatic rings. The Labute approximate surface area is 161 Å². The van der Waals surface area contributed by atoms with Gasteiger partial charge in [0.15, 0.2) is 11.5 Å². The zero-order valence-corrected chi connectivity index (χ0v) is 15.4. The lowest BCUT2D eigenvalue weighted by molar-refractivity contribution is -0.117. The molecule has 0 unspecified atom stereocenters. The van der Waals surface area contributed by atoms with Crippen molar-refractivity contribution < 1.29 is 14.3 Å². The van der Waals surface area contributed by atoms with Crippen LogP contribution in [0, 0.1) is 5.92 Å². The molecule has 3 aromatic rings. The molecule has 1 fully saturated rings. The Kier molecular flexibility index (Phi) is 4.05. The lowest BCUT2D eigenvalue weighted by Crippen LogP contribution is -2.15. The highest BCUT2D eigenvalue weighted by Crippen LogP contribution is 2.36. The number of ether oxygens (including phenoxy) is 2. The molecule has 0 saturated heterocycles. The van der Waals surface area contributed by atoms with Crippen molar-refractivity contribution in [3.8, 4) is 33.3 Å². The van der Waals surface area contributed by atoms with Crippen LogP contribution < -0.4 is 14.8 Å². The summed E-state index contributed by atoms with van der Waals surface area (Å²) in [6, 6.07) is 13.8. The highest BCUT2D eigenvalue weighted by Gasteiger charge is 2.29. The molecule has 1 saturated carbocycles. The molecule has 136 valence electrons. The molecule has 2 heterocycles. The van der Waals surface area contributed by atoms with Crippen molar-refractivity contribution in [3.05, 3.63) is 47.8 Å². The van der Waals surface area contributed by atoms with E-state index in [1.165, 1.54) is 0 Å². The second-order valence-corrected chi connectivity index (χ2v) is 7.60. The zero-order chi connectivity index (χ0) is 18.2. The van der Waals surface area contributed by atoms with Gasteiger partial charge in [-0.1, -0.05) is 0 Å². The maximum atomic E-state index is 11.9. The van der Waals surface area contributed by atoms with E-state index < -0.39 is 0 Å². The van der Waals surface area contributed by atoms with Gasteiger partial charge < -0.3 is 14.8 Å². The summed E-state index contributed by atoms with van der Waals surface area (Å²) in [7, 11) is 0. The van der Waals surface area contributed by atoms with Crippen LogP contribution in [0.25, 0.3) is 21.8 Å². The van der Waals surface area contributed by atoms with E-state index in [0.717, 1.165) is 51.9 Å². The van der Waals surface area contributed by atoms with Crippen LogP contribution in [0.3, 0.4) is 0 Å². The van der Waals surface area contributed by atoms with Gasteiger partial charge in [-0.3, -0.25) is 4.79 Å². The number of thiazole rings is 1. The molecule has 1 amide bonds. The van der Waals surface area contributed by atoms with E-state index >= 15 is 0 Å². The number of benzene rings is 2. The fraction of sp³-hybridized carbons (Fsp3) is 0.238. The third kappa shape index (κ3) is 3.40.